The van der Waals surface area contributed by atoms with Gasteiger partial charge in [0.05, 0.1) is 12.6 Å². The van der Waals surface area contributed by atoms with E-state index in [1.54, 1.807) is 7.11 Å². The maximum atomic E-state index is 5.58. The molecular weight excluding hydrogens is 352 g/mol. The molecule has 4 rings (SSSR count). The highest BCUT2D eigenvalue weighted by Crippen LogP contribution is 2.39. The predicted molar refractivity (Wildman–Crippen MR) is 118 cm³/mol. The highest BCUT2D eigenvalue weighted by atomic mass is 32.2. The zero-order chi connectivity index (χ0) is 19.4. The molecule has 4 aromatic rings. The van der Waals surface area contributed by atoms with Gasteiger partial charge >= 0.3 is 0 Å². The second-order valence-corrected chi connectivity index (χ2v) is 7.40. The lowest BCUT2D eigenvalue weighted by atomic mass is 9.99. The highest BCUT2D eigenvalue weighted by Gasteiger charge is 2.15. The third-order valence-electron chi connectivity index (χ3n) is 4.38. The molecule has 0 aliphatic heterocycles. The molecule has 2 heterocycles. The quantitative estimate of drug-likeness (QED) is 0.395. The number of aryl methyl sites for hydroxylation is 1. The Hall–Kier alpha value is -2.46. The number of pyridine rings is 1. The van der Waals surface area contributed by atoms with E-state index < -0.39 is 0 Å². The fourth-order valence-corrected chi connectivity index (χ4v) is 4.01. The number of methoxy groups -OCH3 is 1. The summed E-state index contributed by atoms with van der Waals surface area (Å²) in [6, 6.07) is 15.1. The number of ether oxygens (including phenoxy) is 1. The Morgan fingerprint density at radius 1 is 1.11 bits per heavy atom. The van der Waals surface area contributed by atoms with Crippen LogP contribution in [0.2, 0.25) is 0 Å². The third-order valence-corrected chi connectivity index (χ3v) is 5.26. The Balaban J connectivity index is 0.00000102. The van der Waals surface area contributed by atoms with Crippen LogP contribution in [0.3, 0.4) is 0 Å². The average Bonchev–Trinajstić information content (AvgIpc) is 3.08. The summed E-state index contributed by atoms with van der Waals surface area (Å²) in [5.74, 6) is 1.91. The van der Waals surface area contributed by atoms with Crippen LogP contribution in [0.1, 0.15) is 26.3 Å². The molecule has 2 aromatic carbocycles. The Morgan fingerprint density at radius 2 is 1.93 bits per heavy atom. The van der Waals surface area contributed by atoms with Crippen LogP contribution < -0.4 is 4.74 Å². The van der Waals surface area contributed by atoms with E-state index in [2.05, 4.69) is 60.2 Å². The number of hydrogen-bond acceptors (Lipinski definition) is 3. The lowest BCUT2D eigenvalue weighted by Gasteiger charge is -2.09. The van der Waals surface area contributed by atoms with Gasteiger partial charge < -0.3 is 9.72 Å². The molecule has 0 amide bonds. The number of rotatable bonds is 4. The Bertz CT molecular complexity index is 1070. The van der Waals surface area contributed by atoms with E-state index in [0.29, 0.717) is 0 Å². The minimum atomic E-state index is 0.841. The van der Waals surface area contributed by atoms with Crippen molar-refractivity contribution >= 4 is 33.7 Å². The molecule has 0 saturated carbocycles. The summed E-state index contributed by atoms with van der Waals surface area (Å²) >= 11 is 1.86. The second kappa shape index (κ2) is 8.49. The highest BCUT2D eigenvalue weighted by molar-refractivity contribution is 7.99. The lowest BCUT2D eigenvalue weighted by Crippen LogP contribution is -1.87. The van der Waals surface area contributed by atoms with Crippen molar-refractivity contribution < 1.29 is 4.74 Å². The summed E-state index contributed by atoms with van der Waals surface area (Å²) in [5, 5.41) is 2.31. The van der Waals surface area contributed by atoms with Gasteiger partial charge in [-0.05, 0) is 59.7 Å². The van der Waals surface area contributed by atoms with Gasteiger partial charge in [-0.1, -0.05) is 32.9 Å². The zero-order valence-corrected chi connectivity index (χ0v) is 17.4. The number of aromatic amines is 1. The first kappa shape index (κ1) is 19.3. The maximum absolute atomic E-state index is 5.58. The van der Waals surface area contributed by atoms with Crippen molar-refractivity contribution in [3.8, 4) is 16.9 Å². The molecule has 3 nitrogen and oxygen atoms in total. The van der Waals surface area contributed by atoms with E-state index in [4.69, 9.17) is 4.74 Å². The van der Waals surface area contributed by atoms with Crippen LogP contribution in [0.15, 0.2) is 53.6 Å². The van der Waals surface area contributed by atoms with E-state index in [1.165, 1.54) is 21.4 Å². The first-order valence-electron chi connectivity index (χ1n) is 9.39. The van der Waals surface area contributed by atoms with Crippen molar-refractivity contribution in [2.45, 2.75) is 32.6 Å². The SMILES string of the molecule is CC.CCSc1cccc(-c2ccc(OC)c3[nH]c4ncc(C)cc4c23)c1. The number of nitrogens with zero attached hydrogens (tertiary/aromatic N) is 1. The monoisotopic (exact) mass is 378 g/mol. The fourth-order valence-electron chi connectivity index (χ4n) is 3.30. The standard InChI is InChI=1S/C21H20N2OS.C2H6/c1-4-25-15-7-5-6-14(11-15)16-8-9-18(24-3)20-19(16)17-10-13(2)12-22-21(17)23-20;1-2/h5-12H,4H2,1-3H3,(H,22,23);1-2H3. The van der Waals surface area contributed by atoms with Crippen molar-refractivity contribution in [3.05, 3.63) is 54.2 Å². The Labute approximate surface area is 165 Å². The molecule has 0 fully saturated rings. The molecular formula is C23H26N2OS. The third kappa shape index (κ3) is 3.67. The fraction of sp³-hybridized carbons (Fsp3) is 0.261. The number of nitrogens with one attached hydrogen (secondary N) is 1. The molecule has 140 valence electrons. The summed E-state index contributed by atoms with van der Waals surface area (Å²) in [5.41, 5.74) is 5.46. The first-order chi connectivity index (χ1) is 13.2. The van der Waals surface area contributed by atoms with E-state index >= 15 is 0 Å². The van der Waals surface area contributed by atoms with Crippen LogP contribution >= 0.6 is 11.8 Å². The summed E-state index contributed by atoms with van der Waals surface area (Å²) in [6.45, 7) is 8.25. The molecule has 0 radical (unpaired) electrons. The number of H-pyrrole nitrogens is 1. The van der Waals surface area contributed by atoms with Gasteiger partial charge in [-0.3, -0.25) is 0 Å². The van der Waals surface area contributed by atoms with Gasteiger partial charge in [0.1, 0.15) is 11.4 Å². The lowest BCUT2D eigenvalue weighted by molar-refractivity contribution is 0.419. The van der Waals surface area contributed by atoms with Gasteiger partial charge in [0.15, 0.2) is 0 Å². The molecule has 27 heavy (non-hydrogen) atoms. The largest absolute Gasteiger partial charge is 0.495 e. The van der Waals surface area contributed by atoms with Gasteiger partial charge in [-0.2, -0.15) is 0 Å². The van der Waals surface area contributed by atoms with Crippen LogP contribution in [0, 0.1) is 6.92 Å². The smallest absolute Gasteiger partial charge is 0.143 e. The molecule has 0 aliphatic carbocycles. The average molecular weight is 379 g/mol. The van der Waals surface area contributed by atoms with Gasteiger partial charge in [0.25, 0.3) is 0 Å². The van der Waals surface area contributed by atoms with Crippen LogP contribution in [0.4, 0.5) is 0 Å². The number of fused-ring (bicyclic) bond motifs is 3. The molecule has 0 unspecified atom stereocenters. The predicted octanol–water partition coefficient (Wildman–Crippen LogP) is 6.84. The maximum Gasteiger partial charge on any atom is 0.143 e. The number of thioether (sulfide) groups is 1. The summed E-state index contributed by atoms with van der Waals surface area (Å²) in [6.07, 6.45) is 1.89. The van der Waals surface area contributed by atoms with E-state index in [-0.39, 0.29) is 0 Å². The Kier molecular flexibility index (Phi) is 6.07. The van der Waals surface area contributed by atoms with E-state index in [1.807, 2.05) is 37.9 Å². The summed E-state index contributed by atoms with van der Waals surface area (Å²) < 4.78 is 5.58. The Morgan fingerprint density at radius 3 is 2.67 bits per heavy atom. The molecule has 0 saturated heterocycles. The molecule has 2 aromatic heterocycles. The van der Waals surface area contributed by atoms with Gasteiger partial charge in [-0.15, -0.1) is 11.8 Å². The van der Waals surface area contributed by atoms with Crippen molar-refractivity contribution in [3.63, 3.8) is 0 Å². The van der Waals surface area contributed by atoms with Crippen molar-refractivity contribution in [2.75, 3.05) is 12.9 Å². The minimum absolute atomic E-state index is 0.841. The second-order valence-electron chi connectivity index (χ2n) is 6.06. The molecule has 0 atom stereocenters. The van der Waals surface area contributed by atoms with Crippen LogP contribution in [0.5, 0.6) is 5.75 Å². The van der Waals surface area contributed by atoms with Gasteiger partial charge in [-0.25, -0.2) is 4.98 Å². The van der Waals surface area contributed by atoms with Crippen molar-refractivity contribution in [1.82, 2.24) is 9.97 Å². The summed E-state index contributed by atoms with van der Waals surface area (Å²) in [7, 11) is 1.71. The molecule has 4 heteroatoms. The van der Waals surface area contributed by atoms with Crippen molar-refractivity contribution in [1.29, 1.82) is 0 Å². The molecule has 1 N–H and O–H groups in total. The van der Waals surface area contributed by atoms with Gasteiger partial charge in [0.2, 0.25) is 0 Å². The number of aromatic nitrogens is 2. The minimum Gasteiger partial charge on any atom is -0.495 e. The van der Waals surface area contributed by atoms with Crippen molar-refractivity contribution in [2.24, 2.45) is 0 Å². The van der Waals surface area contributed by atoms with E-state index in [9.17, 15) is 0 Å². The summed E-state index contributed by atoms with van der Waals surface area (Å²) in [4.78, 5) is 9.28. The van der Waals surface area contributed by atoms with E-state index in [0.717, 1.165) is 33.6 Å². The number of benzene rings is 2. The normalized spacial score (nSPS) is 10.7. The van der Waals surface area contributed by atoms with Crippen LogP contribution in [-0.4, -0.2) is 22.8 Å². The van der Waals surface area contributed by atoms with Crippen LogP contribution in [-0.2, 0) is 0 Å². The first-order valence-corrected chi connectivity index (χ1v) is 10.4. The van der Waals surface area contributed by atoms with Crippen LogP contribution in [0.25, 0.3) is 33.1 Å². The molecule has 0 spiro atoms. The zero-order valence-electron chi connectivity index (χ0n) is 16.6. The van der Waals surface area contributed by atoms with Gasteiger partial charge in [0, 0.05) is 21.9 Å². The molecule has 0 aliphatic rings. The topological polar surface area (TPSA) is 37.9 Å². The molecule has 0 bridgehead atoms. The number of hydrogen-bond donors (Lipinski definition) is 1.